The summed E-state index contributed by atoms with van der Waals surface area (Å²) in [5.41, 5.74) is 1.23. The van der Waals surface area contributed by atoms with E-state index in [0.717, 1.165) is 36.4 Å². The highest BCUT2D eigenvalue weighted by molar-refractivity contribution is 7.21. The first-order chi connectivity index (χ1) is 13.3. The van der Waals surface area contributed by atoms with Crippen molar-refractivity contribution in [1.82, 2.24) is 4.90 Å². The summed E-state index contributed by atoms with van der Waals surface area (Å²) in [4.78, 5) is 18.3. The smallest absolute Gasteiger partial charge is 0.264 e. The van der Waals surface area contributed by atoms with Crippen LogP contribution in [0.25, 0.3) is 20.9 Å². The van der Waals surface area contributed by atoms with Crippen LogP contribution in [0, 0.1) is 0 Å². The van der Waals surface area contributed by atoms with Crippen LogP contribution >= 0.6 is 11.3 Å². The SMILES string of the molecule is O=C(c1cc2ccc3ccccc3c2s1)N1CCN(c2ccccc2)CC1. The first-order valence-corrected chi connectivity index (χ1v) is 10.1. The molecule has 2 heterocycles. The van der Waals surface area contributed by atoms with Crippen LogP contribution in [0.2, 0.25) is 0 Å². The van der Waals surface area contributed by atoms with Gasteiger partial charge in [0.05, 0.1) is 4.88 Å². The van der Waals surface area contributed by atoms with Gasteiger partial charge in [-0.15, -0.1) is 11.3 Å². The fraction of sp³-hybridized carbons (Fsp3) is 0.174. The van der Waals surface area contributed by atoms with Crippen LogP contribution in [0.1, 0.15) is 9.67 Å². The molecule has 3 aromatic carbocycles. The summed E-state index contributed by atoms with van der Waals surface area (Å²) in [5, 5.41) is 3.61. The Labute approximate surface area is 162 Å². The van der Waals surface area contributed by atoms with Crippen LogP contribution in [-0.2, 0) is 0 Å². The van der Waals surface area contributed by atoms with E-state index in [-0.39, 0.29) is 5.91 Å². The molecule has 27 heavy (non-hydrogen) atoms. The third-order valence-corrected chi connectivity index (χ3v) is 6.48. The molecule has 5 rings (SSSR count). The van der Waals surface area contributed by atoms with Crippen molar-refractivity contribution < 1.29 is 4.79 Å². The third-order valence-electron chi connectivity index (χ3n) is 5.31. The van der Waals surface area contributed by atoms with Gasteiger partial charge in [-0.2, -0.15) is 0 Å². The molecule has 1 saturated heterocycles. The number of fused-ring (bicyclic) bond motifs is 3. The van der Waals surface area contributed by atoms with Crippen molar-refractivity contribution in [2.45, 2.75) is 0 Å². The molecule has 1 aliphatic rings. The van der Waals surface area contributed by atoms with E-state index < -0.39 is 0 Å². The largest absolute Gasteiger partial charge is 0.368 e. The van der Waals surface area contributed by atoms with Gasteiger partial charge in [-0.3, -0.25) is 4.79 Å². The minimum Gasteiger partial charge on any atom is -0.368 e. The van der Waals surface area contributed by atoms with Crippen molar-refractivity contribution in [3.63, 3.8) is 0 Å². The summed E-state index contributed by atoms with van der Waals surface area (Å²) in [6.45, 7) is 3.29. The summed E-state index contributed by atoms with van der Waals surface area (Å²) >= 11 is 1.62. The topological polar surface area (TPSA) is 23.6 Å². The third kappa shape index (κ3) is 2.96. The van der Waals surface area contributed by atoms with Crippen molar-refractivity contribution in [2.24, 2.45) is 0 Å². The zero-order valence-corrected chi connectivity index (χ0v) is 15.8. The zero-order chi connectivity index (χ0) is 18.2. The van der Waals surface area contributed by atoms with Crippen LogP contribution in [0.5, 0.6) is 0 Å². The van der Waals surface area contributed by atoms with Crippen molar-refractivity contribution in [1.29, 1.82) is 0 Å². The van der Waals surface area contributed by atoms with Gasteiger partial charge in [-0.05, 0) is 34.4 Å². The molecule has 0 spiro atoms. The molecule has 3 nitrogen and oxygen atoms in total. The minimum absolute atomic E-state index is 0.160. The number of anilines is 1. The Morgan fingerprint density at radius 3 is 2.30 bits per heavy atom. The van der Waals surface area contributed by atoms with Gasteiger partial charge in [-0.1, -0.05) is 54.6 Å². The van der Waals surface area contributed by atoms with Gasteiger partial charge in [0, 0.05) is 36.6 Å². The molecule has 0 unspecified atom stereocenters. The quantitative estimate of drug-likeness (QED) is 0.493. The molecule has 0 bridgehead atoms. The molecule has 4 heteroatoms. The number of amides is 1. The molecule has 0 N–H and O–H groups in total. The highest BCUT2D eigenvalue weighted by Crippen LogP contribution is 2.33. The Bertz CT molecular complexity index is 1110. The second kappa shape index (κ2) is 6.71. The Morgan fingerprint density at radius 1 is 0.778 bits per heavy atom. The number of piperazine rings is 1. The van der Waals surface area contributed by atoms with Crippen molar-refractivity contribution in [2.75, 3.05) is 31.1 Å². The molecule has 0 saturated carbocycles. The lowest BCUT2D eigenvalue weighted by atomic mass is 10.1. The van der Waals surface area contributed by atoms with Gasteiger partial charge in [-0.25, -0.2) is 0 Å². The van der Waals surface area contributed by atoms with Gasteiger partial charge in [0.15, 0.2) is 0 Å². The maximum atomic E-state index is 13.1. The average molecular weight is 372 g/mol. The highest BCUT2D eigenvalue weighted by atomic mass is 32.1. The summed E-state index contributed by atoms with van der Waals surface area (Å²) in [5.74, 6) is 0.160. The Hall–Kier alpha value is -2.85. The molecule has 1 fully saturated rings. The van der Waals surface area contributed by atoms with E-state index in [1.165, 1.54) is 21.2 Å². The van der Waals surface area contributed by atoms with Gasteiger partial charge < -0.3 is 9.80 Å². The lowest BCUT2D eigenvalue weighted by Crippen LogP contribution is -2.48. The Morgan fingerprint density at radius 2 is 1.48 bits per heavy atom. The van der Waals surface area contributed by atoms with Crippen LogP contribution in [0.3, 0.4) is 0 Å². The van der Waals surface area contributed by atoms with Crippen LogP contribution in [-0.4, -0.2) is 37.0 Å². The van der Waals surface area contributed by atoms with Crippen molar-refractivity contribution >= 4 is 43.8 Å². The molecule has 0 radical (unpaired) electrons. The monoisotopic (exact) mass is 372 g/mol. The number of carbonyl (C=O) groups excluding carboxylic acids is 1. The number of hydrogen-bond donors (Lipinski definition) is 0. The zero-order valence-electron chi connectivity index (χ0n) is 15.0. The lowest BCUT2D eigenvalue weighted by molar-refractivity contribution is 0.0752. The second-order valence-corrected chi connectivity index (χ2v) is 7.98. The van der Waals surface area contributed by atoms with Gasteiger partial charge >= 0.3 is 0 Å². The molecular formula is C23H20N2OS. The Kier molecular flexibility index (Phi) is 4.06. The molecule has 4 aromatic rings. The average Bonchev–Trinajstić information content (AvgIpc) is 3.19. The summed E-state index contributed by atoms with van der Waals surface area (Å²) in [6.07, 6.45) is 0. The normalized spacial score (nSPS) is 14.8. The van der Waals surface area contributed by atoms with E-state index in [1.54, 1.807) is 11.3 Å². The molecule has 1 aliphatic heterocycles. The van der Waals surface area contributed by atoms with Gasteiger partial charge in [0.1, 0.15) is 0 Å². The molecule has 0 atom stereocenters. The molecular weight excluding hydrogens is 352 g/mol. The van der Waals surface area contributed by atoms with Crippen LogP contribution < -0.4 is 4.90 Å². The molecule has 0 aliphatic carbocycles. The summed E-state index contributed by atoms with van der Waals surface area (Å²) in [6, 6.07) is 25.1. The van der Waals surface area contributed by atoms with Crippen LogP contribution in [0.15, 0.2) is 72.8 Å². The molecule has 134 valence electrons. The fourth-order valence-corrected chi connectivity index (χ4v) is 5.00. The molecule has 1 amide bonds. The standard InChI is InChI=1S/C23H20N2OS/c26-23(25-14-12-24(13-15-25)19-7-2-1-3-8-19)21-16-18-11-10-17-6-4-5-9-20(17)22(18)27-21/h1-11,16H,12-15H2. The first-order valence-electron chi connectivity index (χ1n) is 9.30. The van der Waals surface area contributed by atoms with Gasteiger partial charge in [0.25, 0.3) is 5.91 Å². The van der Waals surface area contributed by atoms with E-state index in [1.807, 2.05) is 11.0 Å². The van der Waals surface area contributed by atoms with Gasteiger partial charge in [0.2, 0.25) is 0 Å². The molecule has 1 aromatic heterocycles. The number of nitrogens with zero attached hydrogens (tertiary/aromatic N) is 2. The Balaban J connectivity index is 1.38. The first kappa shape index (κ1) is 16.3. The predicted molar refractivity (Wildman–Crippen MR) is 114 cm³/mol. The highest BCUT2D eigenvalue weighted by Gasteiger charge is 2.23. The number of carbonyl (C=O) groups is 1. The van der Waals surface area contributed by atoms with Crippen molar-refractivity contribution in [3.05, 3.63) is 77.7 Å². The number of thiophene rings is 1. The fourth-order valence-electron chi connectivity index (χ4n) is 3.84. The van der Waals surface area contributed by atoms with Crippen molar-refractivity contribution in [3.8, 4) is 0 Å². The van der Waals surface area contributed by atoms with E-state index in [0.29, 0.717) is 0 Å². The van der Waals surface area contributed by atoms with E-state index in [4.69, 9.17) is 0 Å². The minimum atomic E-state index is 0.160. The summed E-state index contributed by atoms with van der Waals surface area (Å²) in [7, 11) is 0. The number of para-hydroxylation sites is 1. The number of hydrogen-bond acceptors (Lipinski definition) is 3. The van der Waals surface area contributed by atoms with E-state index in [2.05, 4.69) is 71.6 Å². The number of benzene rings is 3. The van der Waals surface area contributed by atoms with Crippen LogP contribution in [0.4, 0.5) is 5.69 Å². The van der Waals surface area contributed by atoms with E-state index in [9.17, 15) is 4.79 Å². The second-order valence-electron chi connectivity index (χ2n) is 6.93. The lowest BCUT2D eigenvalue weighted by Gasteiger charge is -2.35. The van der Waals surface area contributed by atoms with E-state index >= 15 is 0 Å². The summed E-state index contributed by atoms with van der Waals surface area (Å²) < 4.78 is 1.21. The number of rotatable bonds is 2. The maximum Gasteiger partial charge on any atom is 0.264 e. The maximum absolute atomic E-state index is 13.1. The predicted octanol–water partition coefficient (Wildman–Crippen LogP) is 5.02.